The van der Waals surface area contributed by atoms with Gasteiger partial charge in [-0.15, -0.1) is 0 Å². The predicted octanol–water partition coefficient (Wildman–Crippen LogP) is 2.07. The van der Waals surface area contributed by atoms with Gasteiger partial charge in [-0.2, -0.15) is 0 Å². The second kappa shape index (κ2) is 7.53. The lowest BCUT2D eigenvalue weighted by molar-refractivity contribution is -0.120. The van der Waals surface area contributed by atoms with Crippen molar-refractivity contribution in [1.82, 2.24) is 15.1 Å². The van der Waals surface area contributed by atoms with Gasteiger partial charge in [0.2, 0.25) is 5.91 Å². The van der Waals surface area contributed by atoms with Gasteiger partial charge < -0.3 is 10.2 Å². The summed E-state index contributed by atoms with van der Waals surface area (Å²) in [5, 5.41) is 3.45. The molecule has 0 radical (unpaired) electrons. The zero-order valence-electron chi connectivity index (χ0n) is 14.1. The number of rotatable bonds is 2. The minimum absolute atomic E-state index is 0.0114. The second-order valence-electron chi connectivity index (χ2n) is 6.64. The maximum atomic E-state index is 12.7. The largest absolute Gasteiger partial charge is 0.356 e. The topological polar surface area (TPSA) is 52.7 Å². The van der Waals surface area contributed by atoms with Crippen molar-refractivity contribution in [2.45, 2.75) is 32.2 Å². The third kappa shape index (κ3) is 3.90. The van der Waals surface area contributed by atoms with Gasteiger partial charge in [-0.3, -0.25) is 14.5 Å². The van der Waals surface area contributed by atoms with Crippen LogP contribution in [0.25, 0.3) is 0 Å². The molecule has 1 aromatic rings. The maximum Gasteiger partial charge on any atom is 0.255 e. The fourth-order valence-electron chi connectivity index (χ4n) is 3.53. The van der Waals surface area contributed by atoms with Crippen LogP contribution in [0.4, 0.5) is 0 Å². The third-order valence-corrected chi connectivity index (χ3v) is 5.29. The van der Waals surface area contributed by atoms with Gasteiger partial charge in [-0.1, -0.05) is 17.7 Å². The van der Waals surface area contributed by atoms with Crippen LogP contribution in [0.1, 0.15) is 35.2 Å². The molecule has 1 N–H and O–H groups in total. The van der Waals surface area contributed by atoms with Gasteiger partial charge in [0.05, 0.1) is 10.6 Å². The molecule has 2 aliphatic rings. The van der Waals surface area contributed by atoms with Crippen molar-refractivity contribution < 1.29 is 9.59 Å². The van der Waals surface area contributed by atoms with E-state index in [4.69, 9.17) is 11.6 Å². The molecule has 2 aliphatic heterocycles. The predicted molar refractivity (Wildman–Crippen MR) is 94.3 cm³/mol. The van der Waals surface area contributed by atoms with Crippen molar-refractivity contribution in [3.05, 3.63) is 34.3 Å². The van der Waals surface area contributed by atoms with E-state index in [1.165, 1.54) is 0 Å². The van der Waals surface area contributed by atoms with E-state index in [0.29, 0.717) is 36.1 Å². The number of amides is 2. The minimum atomic E-state index is 0.0114. The summed E-state index contributed by atoms with van der Waals surface area (Å²) in [7, 11) is 0. The molecule has 0 aromatic heterocycles. The molecule has 1 unspecified atom stereocenters. The van der Waals surface area contributed by atoms with Crippen LogP contribution >= 0.6 is 11.6 Å². The third-order valence-electron chi connectivity index (χ3n) is 4.98. The molecule has 0 saturated carbocycles. The summed E-state index contributed by atoms with van der Waals surface area (Å²) in [6, 6.07) is 6.00. The highest BCUT2D eigenvalue weighted by Crippen LogP contribution is 2.21. The van der Waals surface area contributed by atoms with Crippen LogP contribution in [-0.2, 0) is 4.79 Å². The summed E-state index contributed by atoms with van der Waals surface area (Å²) < 4.78 is 0. The Balaban J connectivity index is 1.58. The normalized spacial score (nSPS) is 22.8. The molecular weight excluding hydrogens is 326 g/mol. The van der Waals surface area contributed by atoms with Gasteiger partial charge in [0, 0.05) is 45.2 Å². The van der Waals surface area contributed by atoms with E-state index < -0.39 is 0 Å². The van der Waals surface area contributed by atoms with Gasteiger partial charge >= 0.3 is 0 Å². The summed E-state index contributed by atoms with van der Waals surface area (Å²) in [4.78, 5) is 28.5. The Kier molecular flexibility index (Phi) is 5.41. The summed E-state index contributed by atoms with van der Waals surface area (Å²) >= 11 is 6.23. The molecule has 0 bridgehead atoms. The standard InChI is InChI=1S/C18H24ClN3O2/c1-13-2-4-15(16(19)12-13)18(24)22-10-8-21(9-11-22)14-3-5-17(23)20-7-6-14/h2,4,12,14H,3,5-11H2,1H3,(H,20,23). The Morgan fingerprint density at radius 3 is 2.67 bits per heavy atom. The van der Waals surface area contributed by atoms with Gasteiger partial charge in [-0.05, 0) is 37.5 Å². The van der Waals surface area contributed by atoms with Gasteiger partial charge in [0.15, 0.2) is 0 Å². The summed E-state index contributed by atoms with van der Waals surface area (Å²) in [5.74, 6) is 0.165. The van der Waals surface area contributed by atoms with Crippen molar-refractivity contribution in [2.24, 2.45) is 0 Å². The number of nitrogens with zero attached hydrogens (tertiary/aromatic N) is 2. The number of carbonyl (C=O) groups is 2. The molecule has 24 heavy (non-hydrogen) atoms. The fourth-order valence-corrected chi connectivity index (χ4v) is 3.84. The van der Waals surface area contributed by atoms with E-state index in [9.17, 15) is 9.59 Å². The fraction of sp³-hybridized carbons (Fsp3) is 0.556. The van der Waals surface area contributed by atoms with E-state index in [1.807, 2.05) is 30.0 Å². The number of nitrogens with one attached hydrogen (secondary N) is 1. The number of hydrogen-bond acceptors (Lipinski definition) is 3. The van der Waals surface area contributed by atoms with Gasteiger partial charge in [0.25, 0.3) is 5.91 Å². The van der Waals surface area contributed by atoms with Crippen molar-refractivity contribution in [3.63, 3.8) is 0 Å². The molecule has 6 heteroatoms. The molecule has 3 rings (SSSR count). The Hall–Kier alpha value is -1.59. The average Bonchev–Trinajstić information content (AvgIpc) is 2.79. The van der Waals surface area contributed by atoms with E-state index in [-0.39, 0.29) is 11.8 Å². The summed E-state index contributed by atoms with van der Waals surface area (Å²) in [6.07, 6.45) is 2.50. The Bertz CT molecular complexity index is 627. The number of hydrogen-bond donors (Lipinski definition) is 1. The van der Waals surface area contributed by atoms with E-state index in [2.05, 4.69) is 10.2 Å². The van der Waals surface area contributed by atoms with Crippen molar-refractivity contribution in [1.29, 1.82) is 0 Å². The first kappa shape index (κ1) is 17.2. The van der Waals surface area contributed by atoms with Crippen LogP contribution in [0, 0.1) is 6.92 Å². The van der Waals surface area contributed by atoms with Crippen LogP contribution in [0.5, 0.6) is 0 Å². The zero-order chi connectivity index (χ0) is 17.1. The van der Waals surface area contributed by atoms with Crippen LogP contribution in [0.2, 0.25) is 5.02 Å². The van der Waals surface area contributed by atoms with Crippen LogP contribution in [0.15, 0.2) is 18.2 Å². The molecule has 0 spiro atoms. The summed E-state index contributed by atoms with van der Waals surface area (Å²) in [6.45, 7) is 5.84. The Morgan fingerprint density at radius 2 is 1.96 bits per heavy atom. The lowest BCUT2D eigenvalue weighted by Gasteiger charge is -2.39. The molecule has 2 amide bonds. The lowest BCUT2D eigenvalue weighted by atomic mass is 10.1. The highest BCUT2D eigenvalue weighted by atomic mass is 35.5. The lowest BCUT2D eigenvalue weighted by Crippen LogP contribution is -2.52. The second-order valence-corrected chi connectivity index (χ2v) is 7.05. The first-order chi connectivity index (χ1) is 11.5. The van der Waals surface area contributed by atoms with Crippen molar-refractivity contribution in [2.75, 3.05) is 32.7 Å². The molecule has 2 saturated heterocycles. The molecule has 1 aromatic carbocycles. The molecule has 2 heterocycles. The van der Waals surface area contributed by atoms with Gasteiger partial charge in [0.1, 0.15) is 0 Å². The molecule has 130 valence electrons. The molecule has 2 fully saturated rings. The van der Waals surface area contributed by atoms with Gasteiger partial charge in [-0.25, -0.2) is 0 Å². The van der Waals surface area contributed by atoms with E-state index in [0.717, 1.165) is 38.0 Å². The molecule has 1 atom stereocenters. The number of carbonyl (C=O) groups excluding carboxylic acids is 2. The molecule has 0 aliphatic carbocycles. The number of halogens is 1. The number of aryl methyl sites for hydroxylation is 1. The van der Waals surface area contributed by atoms with Crippen LogP contribution < -0.4 is 5.32 Å². The monoisotopic (exact) mass is 349 g/mol. The molecular formula is C18H24ClN3O2. The number of benzene rings is 1. The average molecular weight is 350 g/mol. The van der Waals surface area contributed by atoms with Crippen molar-refractivity contribution >= 4 is 23.4 Å². The first-order valence-electron chi connectivity index (χ1n) is 8.61. The Morgan fingerprint density at radius 1 is 1.21 bits per heavy atom. The quantitative estimate of drug-likeness (QED) is 0.889. The number of piperazine rings is 1. The highest BCUT2D eigenvalue weighted by molar-refractivity contribution is 6.33. The smallest absolute Gasteiger partial charge is 0.255 e. The SMILES string of the molecule is Cc1ccc(C(=O)N2CCN(C3CCNC(=O)CC3)CC2)c(Cl)c1. The van der Waals surface area contributed by atoms with Crippen LogP contribution in [0.3, 0.4) is 0 Å². The highest BCUT2D eigenvalue weighted by Gasteiger charge is 2.28. The zero-order valence-corrected chi connectivity index (χ0v) is 14.8. The maximum absolute atomic E-state index is 12.7. The van der Waals surface area contributed by atoms with E-state index >= 15 is 0 Å². The van der Waals surface area contributed by atoms with Crippen LogP contribution in [-0.4, -0.2) is 60.4 Å². The van der Waals surface area contributed by atoms with E-state index in [1.54, 1.807) is 0 Å². The summed E-state index contributed by atoms with van der Waals surface area (Å²) in [5.41, 5.74) is 1.64. The van der Waals surface area contributed by atoms with Crippen molar-refractivity contribution in [3.8, 4) is 0 Å². The minimum Gasteiger partial charge on any atom is -0.356 e. The molecule has 5 nitrogen and oxygen atoms in total. The first-order valence-corrected chi connectivity index (χ1v) is 8.98. The Labute approximate surface area is 147 Å².